The van der Waals surface area contributed by atoms with E-state index in [0.717, 1.165) is 24.3 Å². The van der Waals surface area contributed by atoms with Crippen LogP contribution in [-0.4, -0.2) is 15.8 Å². The molecule has 0 N–H and O–H groups in total. The lowest BCUT2D eigenvalue weighted by Gasteiger charge is -2.02. The van der Waals surface area contributed by atoms with Crippen molar-refractivity contribution < 1.29 is 19.1 Å². The summed E-state index contributed by atoms with van der Waals surface area (Å²) in [6.45, 7) is 0. The molecule has 0 aliphatic carbocycles. The molecule has 120 valence electrons. The standard InChI is InChI=1S/C13H7N5O6/c14-16-15-13(19)11(7-10-5-6-12(24-10)18(22)23)8-1-3-9(4-2-8)17(20)21/h1-7H/b11-7+. The first kappa shape index (κ1) is 16.4. The molecule has 0 aliphatic heterocycles. The molecular formula is C13H7N5O6. The normalized spacial score (nSPS) is 10.8. The third-order valence-corrected chi connectivity index (χ3v) is 2.83. The van der Waals surface area contributed by atoms with E-state index in [1.165, 1.54) is 18.2 Å². The molecule has 2 rings (SSSR count). The number of nitro benzene ring substituents is 1. The Bertz CT molecular complexity index is 892. The number of benzene rings is 1. The van der Waals surface area contributed by atoms with Gasteiger partial charge >= 0.3 is 5.88 Å². The number of nitrogens with zero attached hydrogens (tertiary/aromatic N) is 5. The van der Waals surface area contributed by atoms with Crippen LogP contribution in [0.1, 0.15) is 11.3 Å². The Morgan fingerprint density at radius 1 is 1.12 bits per heavy atom. The number of amides is 1. The van der Waals surface area contributed by atoms with Gasteiger partial charge in [-0.1, -0.05) is 0 Å². The van der Waals surface area contributed by atoms with Crippen LogP contribution in [0.15, 0.2) is 45.9 Å². The van der Waals surface area contributed by atoms with Crippen molar-refractivity contribution in [3.8, 4) is 0 Å². The van der Waals surface area contributed by atoms with Crippen LogP contribution in [-0.2, 0) is 4.79 Å². The average Bonchev–Trinajstić information content (AvgIpc) is 3.02. The van der Waals surface area contributed by atoms with Crippen LogP contribution in [0.2, 0.25) is 0 Å². The molecule has 24 heavy (non-hydrogen) atoms. The fraction of sp³-hybridized carbons (Fsp3) is 0. The second-order valence-corrected chi connectivity index (χ2v) is 4.29. The maximum atomic E-state index is 11.9. The minimum Gasteiger partial charge on any atom is -0.401 e. The van der Waals surface area contributed by atoms with E-state index in [4.69, 9.17) is 9.95 Å². The summed E-state index contributed by atoms with van der Waals surface area (Å²) in [6.07, 6.45) is 1.14. The molecule has 1 heterocycles. The molecule has 0 spiro atoms. The fourth-order valence-electron chi connectivity index (χ4n) is 1.79. The van der Waals surface area contributed by atoms with Crippen molar-refractivity contribution in [1.29, 1.82) is 0 Å². The van der Waals surface area contributed by atoms with E-state index < -0.39 is 21.6 Å². The topological polar surface area (TPSA) is 165 Å². The van der Waals surface area contributed by atoms with Gasteiger partial charge in [0.2, 0.25) is 5.91 Å². The molecule has 0 aliphatic rings. The summed E-state index contributed by atoms with van der Waals surface area (Å²) in [7, 11) is 0. The van der Waals surface area contributed by atoms with Gasteiger partial charge in [-0.15, -0.1) is 0 Å². The fourth-order valence-corrected chi connectivity index (χ4v) is 1.79. The van der Waals surface area contributed by atoms with Gasteiger partial charge in [0.15, 0.2) is 0 Å². The molecule has 0 unspecified atom stereocenters. The lowest BCUT2D eigenvalue weighted by Crippen LogP contribution is -1.98. The Morgan fingerprint density at radius 2 is 1.79 bits per heavy atom. The number of hydrogen-bond acceptors (Lipinski definition) is 6. The SMILES string of the molecule is [N-]=[N+]=NC(=O)/C(=C/c1ccc([N+](=O)[O-])o1)c1ccc([N+](=O)[O-])cc1. The summed E-state index contributed by atoms with van der Waals surface area (Å²) in [5, 5.41) is 24.2. The first-order valence-corrected chi connectivity index (χ1v) is 6.22. The third kappa shape index (κ3) is 3.61. The molecule has 1 aromatic carbocycles. The largest absolute Gasteiger partial charge is 0.433 e. The van der Waals surface area contributed by atoms with Crippen LogP contribution in [0.5, 0.6) is 0 Å². The molecule has 2 aromatic rings. The van der Waals surface area contributed by atoms with Crippen molar-refractivity contribution in [3.05, 3.63) is 78.4 Å². The summed E-state index contributed by atoms with van der Waals surface area (Å²) in [5.41, 5.74) is 8.30. The number of nitro groups is 2. The molecule has 0 fully saturated rings. The highest BCUT2D eigenvalue weighted by Crippen LogP contribution is 2.25. The molecule has 1 aromatic heterocycles. The Labute approximate surface area is 132 Å². The van der Waals surface area contributed by atoms with Crippen molar-refractivity contribution in [2.24, 2.45) is 5.11 Å². The number of hydrogen-bond donors (Lipinski definition) is 0. The summed E-state index contributed by atoms with van der Waals surface area (Å²) in [6, 6.07) is 7.25. The van der Waals surface area contributed by atoms with E-state index >= 15 is 0 Å². The van der Waals surface area contributed by atoms with Crippen molar-refractivity contribution in [2.75, 3.05) is 0 Å². The maximum absolute atomic E-state index is 11.9. The summed E-state index contributed by atoms with van der Waals surface area (Å²) in [5.74, 6) is -1.51. The lowest BCUT2D eigenvalue weighted by molar-refractivity contribution is -0.402. The maximum Gasteiger partial charge on any atom is 0.433 e. The minimum absolute atomic E-state index is 0.0171. The number of non-ortho nitro benzene ring substituents is 1. The molecule has 1 amide bonds. The summed E-state index contributed by atoms with van der Waals surface area (Å²) >= 11 is 0. The van der Waals surface area contributed by atoms with Crippen LogP contribution < -0.4 is 0 Å². The van der Waals surface area contributed by atoms with E-state index in [9.17, 15) is 25.0 Å². The van der Waals surface area contributed by atoms with Gasteiger partial charge in [-0.3, -0.25) is 25.0 Å². The number of azide groups is 1. The highest BCUT2D eigenvalue weighted by atomic mass is 16.6. The van der Waals surface area contributed by atoms with Gasteiger partial charge in [0, 0.05) is 22.6 Å². The zero-order valence-corrected chi connectivity index (χ0v) is 11.7. The first-order chi connectivity index (χ1) is 11.4. The van der Waals surface area contributed by atoms with Crippen LogP contribution >= 0.6 is 0 Å². The third-order valence-electron chi connectivity index (χ3n) is 2.83. The van der Waals surface area contributed by atoms with E-state index in [1.54, 1.807) is 0 Å². The highest BCUT2D eigenvalue weighted by molar-refractivity contribution is 6.24. The van der Waals surface area contributed by atoms with Crippen LogP contribution in [0, 0.1) is 20.2 Å². The molecule has 0 atom stereocenters. The van der Waals surface area contributed by atoms with Crippen molar-refractivity contribution in [1.82, 2.24) is 0 Å². The predicted molar refractivity (Wildman–Crippen MR) is 80.5 cm³/mol. The Hall–Kier alpha value is -3.98. The minimum atomic E-state index is -0.967. The highest BCUT2D eigenvalue weighted by Gasteiger charge is 2.16. The molecule has 11 nitrogen and oxygen atoms in total. The van der Waals surface area contributed by atoms with Crippen LogP contribution in [0.25, 0.3) is 22.1 Å². The number of furan rings is 1. The number of rotatable bonds is 5. The van der Waals surface area contributed by atoms with Crippen molar-refractivity contribution in [2.45, 2.75) is 0 Å². The molecule has 0 saturated heterocycles. The molecule has 0 radical (unpaired) electrons. The van der Waals surface area contributed by atoms with E-state index in [-0.39, 0.29) is 22.6 Å². The average molecular weight is 329 g/mol. The number of carbonyl (C=O) groups excluding carboxylic acids is 1. The van der Waals surface area contributed by atoms with E-state index in [1.807, 2.05) is 0 Å². The Balaban J connectivity index is 2.49. The van der Waals surface area contributed by atoms with Gasteiger partial charge in [-0.2, -0.15) is 0 Å². The monoisotopic (exact) mass is 329 g/mol. The first-order valence-electron chi connectivity index (χ1n) is 6.22. The Morgan fingerprint density at radius 3 is 2.29 bits per heavy atom. The molecule has 0 saturated carbocycles. The Kier molecular flexibility index (Phi) is 4.68. The molecule has 11 heteroatoms. The van der Waals surface area contributed by atoms with Crippen LogP contribution in [0.4, 0.5) is 11.6 Å². The zero-order chi connectivity index (χ0) is 17.7. The van der Waals surface area contributed by atoms with Gasteiger partial charge < -0.3 is 4.42 Å². The van der Waals surface area contributed by atoms with Gasteiger partial charge in [-0.25, -0.2) is 0 Å². The molecular weight excluding hydrogens is 322 g/mol. The quantitative estimate of drug-likeness (QED) is 0.203. The van der Waals surface area contributed by atoms with Crippen molar-refractivity contribution >= 4 is 29.1 Å². The van der Waals surface area contributed by atoms with Crippen molar-refractivity contribution in [3.63, 3.8) is 0 Å². The van der Waals surface area contributed by atoms with Gasteiger partial charge in [0.05, 0.1) is 11.0 Å². The van der Waals surface area contributed by atoms with E-state index in [2.05, 4.69) is 10.0 Å². The summed E-state index contributed by atoms with van der Waals surface area (Å²) in [4.78, 5) is 34.2. The van der Waals surface area contributed by atoms with Gasteiger partial charge in [0.25, 0.3) is 5.69 Å². The van der Waals surface area contributed by atoms with E-state index in [0.29, 0.717) is 0 Å². The second-order valence-electron chi connectivity index (χ2n) is 4.29. The van der Waals surface area contributed by atoms with Gasteiger partial charge in [0.1, 0.15) is 10.7 Å². The second kappa shape index (κ2) is 6.85. The molecule has 0 bridgehead atoms. The number of carbonyl (C=O) groups is 1. The van der Waals surface area contributed by atoms with Gasteiger partial charge in [-0.05, 0) is 40.5 Å². The predicted octanol–water partition coefficient (Wildman–Crippen LogP) is 3.47. The lowest BCUT2D eigenvalue weighted by atomic mass is 10.0. The smallest absolute Gasteiger partial charge is 0.401 e. The zero-order valence-electron chi connectivity index (χ0n) is 11.7. The van der Waals surface area contributed by atoms with Crippen LogP contribution in [0.3, 0.4) is 0 Å². The summed E-state index contributed by atoms with van der Waals surface area (Å²) < 4.78 is 4.92.